The number of hydrogen-bond acceptors (Lipinski definition) is 4. The van der Waals surface area contributed by atoms with Gasteiger partial charge in [0.1, 0.15) is 5.75 Å². The van der Waals surface area contributed by atoms with E-state index in [0.29, 0.717) is 11.4 Å². The monoisotopic (exact) mass is 530 g/mol. The lowest BCUT2D eigenvalue weighted by Crippen LogP contribution is -2.30. The molecule has 1 amide bonds. The third-order valence-electron chi connectivity index (χ3n) is 5.17. The lowest BCUT2D eigenvalue weighted by atomic mass is 10.1. The fourth-order valence-electron chi connectivity index (χ4n) is 3.37. The number of benzene rings is 3. The molecule has 3 rings (SSSR count). The molecule has 1 atom stereocenters. The zero-order chi connectivity index (χ0) is 24.2. The Bertz CT molecular complexity index is 1210. The van der Waals surface area contributed by atoms with E-state index in [1.807, 2.05) is 56.3 Å². The van der Waals surface area contributed by atoms with Crippen molar-refractivity contribution < 1.29 is 17.9 Å². The van der Waals surface area contributed by atoms with Crippen LogP contribution in [0, 0.1) is 13.8 Å². The van der Waals surface area contributed by atoms with Crippen molar-refractivity contribution in [1.82, 2.24) is 4.31 Å². The van der Waals surface area contributed by atoms with Gasteiger partial charge in [-0.05, 0) is 73.9 Å². The number of aryl methyl sites for hydroxylation is 2. The van der Waals surface area contributed by atoms with Crippen LogP contribution in [0.5, 0.6) is 5.75 Å². The summed E-state index contributed by atoms with van der Waals surface area (Å²) >= 11 is 3.45. The molecule has 0 heterocycles. The Kier molecular flexibility index (Phi) is 7.94. The van der Waals surface area contributed by atoms with Gasteiger partial charge in [0, 0.05) is 23.8 Å². The number of hydrogen-bond donors (Lipinski definition) is 1. The van der Waals surface area contributed by atoms with Gasteiger partial charge in [0.2, 0.25) is 10.0 Å². The maximum atomic E-state index is 12.9. The first-order valence-corrected chi connectivity index (χ1v) is 12.7. The van der Waals surface area contributed by atoms with E-state index in [1.165, 1.54) is 16.4 Å². The van der Waals surface area contributed by atoms with Gasteiger partial charge in [0.05, 0.1) is 4.90 Å². The topological polar surface area (TPSA) is 75.7 Å². The van der Waals surface area contributed by atoms with E-state index >= 15 is 0 Å². The molecule has 1 unspecified atom stereocenters. The second-order valence-corrected chi connectivity index (χ2v) is 10.8. The van der Waals surface area contributed by atoms with Crippen molar-refractivity contribution in [1.29, 1.82) is 0 Å². The molecule has 0 saturated heterocycles. The first-order valence-electron chi connectivity index (χ1n) is 10.4. The number of halogens is 1. The quantitative estimate of drug-likeness (QED) is 0.429. The Labute approximate surface area is 203 Å². The molecule has 3 aromatic rings. The minimum Gasteiger partial charge on any atom is -0.480 e. The molecule has 0 aliphatic rings. The van der Waals surface area contributed by atoms with E-state index in [-0.39, 0.29) is 17.3 Å². The van der Waals surface area contributed by atoms with Crippen LogP contribution < -0.4 is 10.1 Å². The van der Waals surface area contributed by atoms with Crippen molar-refractivity contribution in [2.45, 2.75) is 38.3 Å². The summed E-state index contributed by atoms with van der Waals surface area (Å²) in [7, 11) is -2.12. The van der Waals surface area contributed by atoms with Gasteiger partial charge >= 0.3 is 0 Å². The molecular weight excluding hydrogens is 504 g/mol. The highest BCUT2D eigenvalue weighted by atomic mass is 79.9. The van der Waals surface area contributed by atoms with Gasteiger partial charge in [0.25, 0.3) is 5.91 Å². The van der Waals surface area contributed by atoms with Crippen LogP contribution in [0.1, 0.15) is 23.6 Å². The van der Waals surface area contributed by atoms with Crippen molar-refractivity contribution in [3.05, 3.63) is 87.9 Å². The summed E-state index contributed by atoms with van der Waals surface area (Å²) < 4.78 is 33.9. The molecule has 8 heteroatoms. The molecule has 3 aromatic carbocycles. The van der Waals surface area contributed by atoms with Crippen LogP contribution >= 0.6 is 15.9 Å². The highest BCUT2D eigenvalue weighted by Gasteiger charge is 2.22. The van der Waals surface area contributed by atoms with Crippen LogP contribution in [0.25, 0.3) is 0 Å². The number of carbonyl (C=O) groups is 1. The molecule has 0 aliphatic heterocycles. The van der Waals surface area contributed by atoms with Crippen LogP contribution in [0.3, 0.4) is 0 Å². The maximum Gasteiger partial charge on any atom is 0.265 e. The summed E-state index contributed by atoms with van der Waals surface area (Å²) in [5, 5.41) is 2.78. The highest BCUT2D eigenvalue weighted by Crippen LogP contribution is 2.28. The largest absolute Gasteiger partial charge is 0.480 e. The molecule has 6 nitrogen and oxygen atoms in total. The van der Waals surface area contributed by atoms with Crippen LogP contribution in [-0.4, -0.2) is 31.8 Å². The molecule has 0 spiro atoms. The van der Waals surface area contributed by atoms with Gasteiger partial charge in [-0.3, -0.25) is 4.79 Å². The molecule has 0 bridgehead atoms. The minimum atomic E-state index is -3.66. The zero-order valence-corrected chi connectivity index (χ0v) is 21.4. The fourth-order valence-corrected chi connectivity index (χ4v) is 5.22. The SMILES string of the molecule is Cc1cc(Br)cc(C)c1OC(C)C(=O)Nc1ccc(S(=O)(=O)N(C)Cc2ccccc2)cc1. The number of sulfonamides is 1. The van der Waals surface area contributed by atoms with Crippen molar-refractivity contribution in [3.8, 4) is 5.75 Å². The standard InChI is InChI=1S/C25H27BrN2O4S/c1-17-14-21(26)15-18(2)24(17)32-19(3)25(29)27-22-10-12-23(13-11-22)33(30,31)28(4)16-20-8-6-5-7-9-20/h5-15,19H,16H2,1-4H3,(H,27,29). The molecule has 0 aromatic heterocycles. The molecule has 0 saturated carbocycles. The predicted molar refractivity (Wildman–Crippen MR) is 134 cm³/mol. The Morgan fingerprint density at radius 3 is 2.18 bits per heavy atom. The van der Waals surface area contributed by atoms with E-state index in [9.17, 15) is 13.2 Å². The van der Waals surface area contributed by atoms with E-state index in [0.717, 1.165) is 21.2 Å². The normalized spacial score (nSPS) is 12.4. The summed E-state index contributed by atoms with van der Waals surface area (Å²) in [5.74, 6) is 0.345. The number of nitrogens with one attached hydrogen (secondary N) is 1. The van der Waals surface area contributed by atoms with Crippen molar-refractivity contribution in [3.63, 3.8) is 0 Å². The number of amides is 1. The van der Waals surface area contributed by atoms with E-state index < -0.39 is 16.1 Å². The molecule has 0 aliphatic carbocycles. The van der Waals surface area contributed by atoms with Crippen molar-refractivity contribution >= 4 is 37.5 Å². The Balaban J connectivity index is 1.65. The van der Waals surface area contributed by atoms with E-state index in [2.05, 4.69) is 21.2 Å². The molecule has 1 N–H and O–H groups in total. The van der Waals surface area contributed by atoms with Gasteiger partial charge in [0.15, 0.2) is 6.10 Å². The predicted octanol–water partition coefficient (Wildman–Crippen LogP) is 5.29. The molecule has 174 valence electrons. The second-order valence-electron chi connectivity index (χ2n) is 7.89. The fraction of sp³-hybridized carbons (Fsp3) is 0.240. The lowest BCUT2D eigenvalue weighted by molar-refractivity contribution is -0.122. The summed E-state index contributed by atoms with van der Waals surface area (Å²) in [6, 6.07) is 19.4. The third kappa shape index (κ3) is 6.22. The van der Waals surface area contributed by atoms with Crippen LogP contribution in [0.4, 0.5) is 5.69 Å². The first-order chi connectivity index (χ1) is 15.6. The second kappa shape index (κ2) is 10.5. The van der Waals surface area contributed by atoms with Crippen LogP contribution in [0.15, 0.2) is 76.1 Å². The van der Waals surface area contributed by atoms with Gasteiger partial charge in [-0.2, -0.15) is 4.31 Å². The minimum absolute atomic E-state index is 0.157. The molecule has 0 fully saturated rings. The molecule has 33 heavy (non-hydrogen) atoms. The zero-order valence-electron chi connectivity index (χ0n) is 19.0. The van der Waals surface area contributed by atoms with Gasteiger partial charge in [-0.1, -0.05) is 46.3 Å². The molecule has 0 radical (unpaired) electrons. The van der Waals surface area contributed by atoms with Crippen molar-refractivity contribution in [2.24, 2.45) is 0 Å². The average Bonchev–Trinajstić information content (AvgIpc) is 2.77. The average molecular weight is 531 g/mol. The Hall–Kier alpha value is -2.68. The number of ether oxygens (including phenoxy) is 1. The maximum absolute atomic E-state index is 12.9. The molecular formula is C25H27BrN2O4S. The number of rotatable bonds is 8. The van der Waals surface area contributed by atoms with Gasteiger partial charge in [-0.15, -0.1) is 0 Å². The lowest BCUT2D eigenvalue weighted by Gasteiger charge is -2.19. The highest BCUT2D eigenvalue weighted by molar-refractivity contribution is 9.10. The van der Waals surface area contributed by atoms with Crippen LogP contribution in [-0.2, 0) is 21.4 Å². The van der Waals surface area contributed by atoms with Gasteiger partial charge < -0.3 is 10.1 Å². The summed E-state index contributed by atoms with van der Waals surface area (Å²) in [4.78, 5) is 12.8. The Morgan fingerprint density at radius 1 is 1.03 bits per heavy atom. The summed E-state index contributed by atoms with van der Waals surface area (Å²) in [6.45, 7) is 5.79. The van der Waals surface area contributed by atoms with Gasteiger partial charge in [-0.25, -0.2) is 8.42 Å². The summed E-state index contributed by atoms with van der Waals surface area (Å²) in [5.41, 5.74) is 3.24. The number of carbonyl (C=O) groups excluding carboxylic acids is 1. The number of anilines is 1. The van der Waals surface area contributed by atoms with E-state index in [4.69, 9.17) is 4.74 Å². The van der Waals surface area contributed by atoms with Crippen molar-refractivity contribution in [2.75, 3.05) is 12.4 Å². The third-order valence-corrected chi connectivity index (χ3v) is 7.44. The number of nitrogens with zero attached hydrogens (tertiary/aromatic N) is 1. The van der Waals surface area contributed by atoms with E-state index in [1.54, 1.807) is 26.1 Å². The summed E-state index contributed by atoms with van der Waals surface area (Å²) in [6.07, 6.45) is -0.732. The van der Waals surface area contributed by atoms with Crippen LogP contribution in [0.2, 0.25) is 0 Å². The smallest absolute Gasteiger partial charge is 0.265 e. The Morgan fingerprint density at radius 2 is 1.61 bits per heavy atom. The first kappa shape index (κ1) is 25.0.